The molecule has 0 aromatic heterocycles. The minimum atomic E-state index is -2.00. The first-order valence-electron chi connectivity index (χ1n) is 2.52. The summed E-state index contributed by atoms with van der Waals surface area (Å²) in [4.78, 5) is 0. The number of unbranched alkanes of at least 4 members (excludes halogenated alkanes) is 1. The van der Waals surface area contributed by atoms with Crippen molar-refractivity contribution >= 4 is 11.1 Å². The zero-order chi connectivity index (χ0) is 6.41. The maximum Gasteiger partial charge on any atom is -0.0155 e. The summed E-state index contributed by atoms with van der Waals surface area (Å²) in [5.74, 6) is 0. The van der Waals surface area contributed by atoms with Gasteiger partial charge in [0, 0.05) is 0 Å². The summed E-state index contributed by atoms with van der Waals surface area (Å²) in [6.45, 7) is 2.00. The van der Waals surface area contributed by atoms with Gasteiger partial charge in [0.05, 0.1) is 0 Å². The second-order valence-electron chi connectivity index (χ2n) is 1.42. The van der Waals surface area contributed by atoms with E-state index in [2.05, 4.69) is 0 Å². The van der Waals surface area contributed by atoms with Crippen LogP contribution in [0.25, 0.3) is 0 Å². The van der Waals surface area contributed by atoms with Crippen LogP contribution in [0.5, 0.6) is 0 Å². The first kappa shape index (κ1) is 7.85. The molecule has 0 saturated carbocycles. The summed E-state index contributed by atoms with van der Waals surface area (Å²) in [5, 5.41) is 1.17. The molecule has 8 heavy (non-hydrogen) atoms. The summed E-state index contributed by atoms with van der Waals surface area (Å²) in [7, 11) is 0. The lowest BCUT2D eigenvalue weighted by Gasteiger charge is -1.92. The molecule has 0 N–H and O–H groups in total. The number of rotatable bonds is 3. The van der Waals surface area contributed by atoms with E-state index in [0.29, 0.717) is 0 Å². The summed E-state index contributed by atoms with van der Waals surface area (Å²) in [6, 6.07) is 0. The van der Waals surface area contributed by atoms with Crippen molar-refractivity contribution in [2.24, 2.45) is 0 Å². The molecule has 0 aromatic carbocycles. The average molecular weight is 133 g/mol. The smallest absolute Gasteiger partial charge is 0.0155 e. The maximum atomic E-state index is 9.79. The zero-order valence-corrected chi connectivity index (χ0v) is 5.61. The Labute approximate surface area is 51.9 Å². The molecule has 1 atom stereocenters. The topological polar surface area (TPSA) is 40.1 Å². The molecule has 0 aromatic rings. The Morgan fingerprint density at radius 1 is 1.75 bits per heavy atom. The van der Waals surface area contributed by atoms with Crippen molar-refractivity contribution in [3.63, 3.8) is 0 Å². The van der Waals surface area contributed by atoms with E-state index in [-0.39, 0.29) is 0 Å². The van der Waals surface area contributed by atoms with Crippen LogP contribution in [0.2, 0.25) is 0 Å². The molecule has 0 fully saturated rings. The molecule has 0 rings (SSSR count). The molecule has 0 spiro atoms. The SMILES string of the molecule is CCCC=CS(=O)[O-]. The van der Waals surface area contributed by atoms with Crippen LogP contribution in [0.1, 0.15) is 19.8 Å². The highest BCUT2D eigenvalue weighted by Gasteiger charge is 1.70. The van der Waals surface area contributed by atoms with Crippen LogP contribution >= 0.6 is 0 Å². The lowest BCUT2D eigenvalue weighted by Crippen LogP contribution is -1.75. The van der Waals surface area contributed by atoms with Gasteiger partial charge in [-0.15, -0.1) is 0 Å². The third-order valence-corrected chi connectivity index (χ3v) is 1.08. The number of hydrogen-bond donors (Lipinski definition) is 0. The van der Waals surface area contributed by atoms with Gasteiger partial charge in [-0.3, -0.25) is 4.21 Å². The predicted octanol–water partition coefficient (Wildman–Crippen LogP) is 1.18. The molecule has 0 heterocycles. The maximum absolute atomic E-state index is 9.79. The Hall–Kier alpha value is -0.150. The van der Waals surface area contributed by atoms with E-state index < -0.39 is 11.1 Å². The van der Waals surface area contributed by atoms with E-state index in [1.807, 2.05) is 6.92 Å². The molecule has 0 saturated heterocycles. The zero-order valence-electron chi connectivity index (χ0n) is 4.79. The molecule has 0 radical (unpaired) electrons. The minimum absolute atomic E-state index is 0.841. The molecular weight excluding hydrogens is 124 g/mol. The van der Waals surface area contributed by atoms with E-state index in [9.17, 15) is 8.76 Å². The fourth-order valence-corrected chi connectivity index (χ4v) is 0.606. The molecular formula is C5H9O2S-. The quantitative estimate of drug-likeness (QED) is 0.542. The van der Waals surface area contributed by atoms with Gasteiger partial charge < -0.3 is 4.55 Å². The Bertz CT molecular complexity index is 98.6. The van der Waals surface area contributed by atoms with Crippen LogP contribution in [-0.4, -0.2) is 8.76 Å². The highest BCUT2D eigenvalue weighted by atomic mass is 32.2. The monoisotopic (exact) mass is 133 g/mol. The third kappa shape index (κ3) is 5.85. The van der Waals surface area contributed by atoms with Crippen molar-refractivity contribution in [1.29, 1.82) is 0 Å². The fraction of sp³-hybridized carbons (Fsp3) is 0.600. The summed E-state index contributed by atoms with van der Waals surface area (Å²) >= 11 is -2.00. The van der Waals surface area contributed by atoms with Gasteiger partial charge >= 0.3 is 0 Å². The van der Waals surface area contributed by atoms with Crippen LogP contribution in [0, 0.1) is 0 Å². The largest absolute Gasteiger partial charge is 0.769 e. The number of allylic oxidation sites excluding steroid dienone is 1. The van der Waals surface area contributed by atoms with Crippen LogP contribution < -0.4 is 0 Å². The lowest BCUT2D eigenvalue weighted by molar-refractivity contribution is 0.546. The van der Waals surface area contributed by atoms with E-state index >= 15 is 0 Å². The van der Waals surface area contributed by atoms with E-state index in [1.165, 1.54) is 5.41 Å². The Morgan fingerprint density at radius 2 is 2.38 bits per heavy atom. The predicted molar refractivity (Wildman–Crippen MR) is 33.0 cm³/mol. The highest BCUT2D eigenvalue weighted by Crippen LogP contribution is 1.88. The average Bonchev–Trinajstić information content (AvgIpc) is 1.66. The molecule has 0 bridgehead atoms. The minimum Gasteiger partial charge on any atom is -0.769 e. The molecule has 2 nitrogen and oxygen atoms in total. The normalized spacial score (nSPS) is 14.8. The Balaban J connectivity index is 3.20. The second kappa shape index (κ2) is 5.00. The van der Waals surface area contributed by atoms with Crippen molar-refractivity contribution in [3.8, 4) is 0 Å². The third-order valence-electron chi connectivity index (χ3n) is 0.663. The van der Waals surface area contributed by atoms with Gasteiger partial charge in [0.25, 0.3) is 0 Å². The molecule has 0 aliphatic carbocycles. The molecule has 3 heteroatoms. The van der Waals surface area contributed by atoms with Crippen LogP contribution in [-0.2, 0) is 11.1 Å². The first-order valence-corrected chi connectivity index (χ1v) is 3.66. The molecule has 0 aliphatic rings. The summed E-state index contributed by atoms with van der Waals surface area (Å²) in [5.41, 5.74) is 0. The van der Waals surface area contributed by atoms with Gasteiger partial charge in [0.2, 0.25) is 0 Å². The van der Waals surface area contributed by atoms with Crippen molar-refractivity contribution in [2.45, 2.75) is 19.8 Å². The Morgan fingerprint density at radius 3 is 2.75 bits per heavy atom. The Kier molecular flexibility index (Phi) is 4.90. The van der Waals surface area contributed by atoms with Crippen LogP contribution in [0.4, 0.5) is 0 Å². The molecule has 1 unspecified atom stereocenters. The van der Waals surface area contributed by atoms with Gasteiger partial charge in [-0.2, -0.15) is 0 Å². The highest BCUT2D eigenvalue weighted by molar-refractivity contribution is 7.82. The standard InChI is InChI=1S/C5H10O2S/c1-2-3-4-5-8(6)7/h4-5H,2-3H2,1H3,(H,6,7)/p-1. The van der Waals surface area contributed by atoms with Crippen LogP contribution in [0.15, 0.2) is 11.5 Å². The molecule has 0 aliphatic heterocycles. The van der Waals surface area contributed by atoms with Gasteiger partial charge in [0.15, 0.2) is 0 Å². The van der Waals surface area contributed by atoms with E-state index in [1.54, 1.807) is 6.08 Å². The van der Waals surface area contributed by atoms with Gasteiger partial charge in [0.1, 0.15) is 0 Å². The summed E-state index contributed by atoms with van der Waals surface area (Å²) in [6.07, 6.45) is 3.48. The fourth-order valence-electron chi connectivity index (χ4n) is 0.313. The van der Waals surface area contributed by atoms with Crippen molar-refractivity contribution in [2.75, 3.05) is 0 Å². The van der Waals surface area contributed by atoms with Gasteiger partial charge in [-0.1, -0.05) is 19.4 Å². The van der Waals surface area contributed by atoms with Crippen molar-refractivity contribution in [1.82, 2.24) is 0 Å². The van der Waals surface area contributed by atoms with Crippen molar-refractivity contribution < 1.29 is 8.76 Å². The van der Waals surface area contributed by atoms with Crippen LogP contribution in [0.3, 0.4) is 0 Å². The van der Waals surface area contributed by atoms with Crippen molar-refractivity contribution in [3.05, 3.63) is 11.5 Å². The van der Waals surface area contributed by atoms with Gasteiger partial charge in [-0.05, 0) is 22.9 Å². The first-order chi connectivity index (χ1) is 3.77. The molecule has 0 amide bonds. The second-order valence-corrected chi connectivity index (χ2v) is 2.21. The number of hydrogen-bond acceptors (Lipinski definition) is 2. The molecule has 48 valence electrons. The summed E-state index contributed by atoms with van der Waals surface area (Å²) < 4.78 is 19.6. The lowest BCUT2D eigenvalue weighted by atomic mass is 10.3. The van der Waals surface area contributed by atoms with E-state index in [4.69, 9.17) is 0 Å². The van der Waals surface area contributed by atoms with E-state index in [0.717, 1.165) is 12.8 Å². The van der Waals surface area contributed by atoms with Gasteiger partial charge in [-0.25, -0.2) is 0 Å².